The van der Waals surface area contributed by atoms with Gasteiger partial charge in [-0.1, -0.05) is 81.0 Å². The molecule has 0 amide bonds. The molecule has 0 heterocycles. The maximum Gasteiger partial charge on any atom is 0.0834 e. The first-order valence-electron chi connectivity index (χ1n) is 7.16. The second-order valence-electron chi connectivity index (χ2n) is 5.24. The lowest BCUT2D eigenvalue weighted by molar-refractivity contribution is 0.467. The van der Waals surface area contributed by atoms with E-state index in [9.17, 15) is 0 Å². The summed E-state index contributed by atoms with van der Waals surface area (Å²) in [7, 11) is 0. The lowest BCUT2D eigenvalue weighted by Crippen LogP contribution is -2.40. The molecular weight excluding hydrogens is 284 g/mol. The van der Waals surface area contributed by atoms with Crippen LogP contribution in [0.5, 0.6) is 0 Å². The summed E-state index contributed by atoms with van der Waals surface area (Å²) < 4.78 is 0. The third-order valence-electron chi connectivity index (χ3n) is 3.80. The number of hydrogen-bond acceptors (Lipinski definition) is 2. The van der Waals surface area contributed by atoms with Gasteiger partial charge in [-0.05, 0) is 24.8 Å². The number of unbranched alkanes of at least 4 members (excludes halogenated alkanes) is 2. The fraction of sp³-hybridized carbons (Fsp3) is 0.500. The van der Waals surface area contributed by atoms with E-state index >= 15 is 0 Å². The molecule has 20 heavy (non-hydrogen) atoms. The molecular formula is C16H24N2S2. The lowest BCUT2D eigenvalue weighted by Gasteiger charge is -2.34. The molecule has 110 valence electrons. The van der Waals surface area contributed by atoms with Gasteiger partial charge >= 0.3 is 0 Å². The van der Waals surface area contributed by atoms with Crippen LogP contribution < -0.4 is 11.5 Å². The first-order valence-corrected chi connectivity index (χ1v) is 7.98. The van der Waals surface area contributed by atoms with E-state index in [1.54, 1.807) is 0 Å². The topological polar surface area (TPSA) is 52.0 Å². The van der Waals surface area contributed by atoms with Gasteiger partial charge < -0.3 is 11.5 Å². The maximum atomic E-state index is 6.12. The van der Waals surface area contributed by atoms with Crippen LogP contribution in [0.15, 0.2) is 30.3 Å². The Kier molecular flexibility index (Phi) is 7.10. The zero-order valence-electron chi connectivity index (χ0n) is 12.1. The van der Waals surface area contributed by atoms with Crippen molar-refractivity contribution in [3.63, 3.8) is 0 Å². The second-order valence-corrected chi connectivity index (χ2v) is 6.20. The summed E-state index contributed by atoms with van der Waals surface area (Å²) in [6.45, 7) is 2.19. The summed E-state index contributed by atoms with van der Waals surface area (Å²) in [5.74, 6) is 0. The summed E-state index contributed by atoms with van der Waals surface area (Å²) >= 11 is 10.4. The average molecular weight is 309 g/mol. The summed E-state index contributed by atoms with van der Waals surface area (Å²) in [4.78, 5) is 1.08. The summed E-state index contributed by atoms with van der Waals surface area (Å²) in [5, 5.41) is 0. The van der Waals surface area contributed by atoms with E-state index in [4.69, 9.17) is 35.9 Å². The first kappa shape index (κ1) is 17.1. The molecule has 0 fully saturated rings. The smallest absolute Gasteiger partial charge is 0.0834 e. The van der Waals surface area contributed by atoms with Gasteiger partial charge in [0.25, 0.3) is 0 Å². The van der Waals surface area contributed by atoms with Gasteiger partial charge in [0, 0.05) is 5.41 Å². The summed E-state index contributed by atoms with van der Waals surface area (Å²) in [6, 6.07) is 10.3. The standard InChI is InChI=1S/C16H24N2S2/c1-2-3-7-11-16(15(18)20,12-10-14(17)19)13-8-5-4-6-9-13/h4-6,8-9H,2-3,7,10-12H2,1H3,(H2,17,19)(H2,18,20). The molecule has 1 unspecified atom stereocenters. The van der Waals surface area contributed by atoms with Crippen LogP contribution in [0.2, 0.25) is 0 Å². The fourth-order valence-corrected chi connectivity index (χ4v) is 3.00. The van der Waals surface area contributed by atoms with Crippen LogP contribution in [-0.2, 0) is 5.41 Å². The van der Waals surface area contributed by atoms with Crippen LogP contribution in [0.3, 0.4) is 0 Å². The Morgan fingerprint density at radius 1 is 1.05 bits per heavy atom. The Balaban J connectivity index is 3.05. The van der Waals surface area contributed by atoms with Crippen LogP contribution >= 0.6 is 24.4 Å². The van der Waals surface area contributed by atoms with E-state index in [2.05, 4.69) is 19.1 Å². The Hall–Kier alpha value is -1.00. The molecule has 0 saturated carbocycles. The van der Waals surface area contributed by atoms with E-state index in [1.165, 1.54) is 18.4 Å². The lowest BCUT2D eigenvalue weighted by atomic mass is 9.72. The largest absolute Gasteiger partial charge is 0.393 e. The van der Waals surface area contributed by atoms with Gasteiger partial charge in [0.15, 0.2) is 0 Å². The van der Waals surface area contributed by atoms with Crippen molar-refractivity contribution in [2.24, 2.45) is 11.5 Å². The fourth-order valence-electron chi connectivity index (χ4n) is 2.57. The van der Waals surface area contributed by atoms with Crippen LogP contribution in [0.4, 0.5) is 0 Å². The minimum absolute atomic E-state index is 0.283. The van der Waals surface area contributed by atoms with E-state index in [-0.39, 0.29) is 5.41 Å². The third-order valence-corrected chi connectivity index (χ3v) is 4.40. The molecule has 2 nitrogen and oxygen atoms in total. The number of benzene rings is 1. The zero-order valence-corrected chi connectivity index (χ0v) is 13.7. The van der Waals surface area contributed by atoms with Crippen molar-refractivity contribution in [1.82, 2.24) is 0 Å². The predicted molar refractivity (Wildman–Crippen MR) is 95.1 cm³/mol. The van der Waals surface area contributed by atoms with Crippen molar-refractivity contribution in [2.75, 3.05) is 0 Å². The van der Waals surface area contributed by atoms with Crippen LogP contribution in [0.25, 0.3) is 0 Å². The van der Waals surface area contributed by atoms with Crippen molar-refractivity contribution in [1.29, 1.82) is 0 Å². The van der Waals surface area contributed by atoms with Crippen molar-refractivity contribution in [3.05, 3.63) is 35.9 Å². The number of hydrogen-bond donors (Lipinski definition) is 2. The van der Waals surface area contributed by atoms with Gasteiger partial charge in [-0.25, -0.2) is 0 Å². The summed E-state index contributed by atoms with van der Waals surface area (Å²) in [5.41, 5.74) is 12.7. The monoisotopic (exact) mass is 308 g/mol. The van der Waals surface area contributed by atoms with Crippen molar-refractivity contribution in [2.45, 2.75) is 50.9 Å². The molecule has 1 aromatic rings. The van der Waals surface area contributed by atoms with E-state index in [1.807, 2.05) is 18.2 Å². The molecule has 0 aliphatic rings. The van der Waals surface area contributed by atoms with Crippen LogP contribution in [0, 0.1) is 0 Å². The van der Waals surface area contributed by atoms with Gasteiger partial charge in [0.1, 0.15) is 0 Å². The van der Waals surface area contributed by atoms with Gasteiger partial charge in [-0.2, -0.15) is 0 Å². The van der Waals surface area contributed by atoms with E-state index in [0.717, 1.165) is 19.3 Å². The molecule has 1 rings (SSSR count). The van der Waals surface area contributed by atoms with E-state index < -0.39 is 0 Å². The van der Waals surface area contributed by atoms with Gasteiger partial charge in [0.2, 0.25) is 0 Å². The normalized spacial score (nSPS) is 13.7. The highest BCUT2D eigenvalue weighted by molar-refractivity contribution is 7.80. The quantitative estimate of drug-likeness (QED) is 0.537. The van der Waals surface area contributed by atoms with Crippen LogP contribution in [-0.4, -0.2) is 9.98 Å². The minimum atomic E-state index is -0.283. The Morgan fingerprint density at radius 3 is 2.20 bits per heavy atom. The Morgan fingerprint density at radius 2 is 1.70 bits per heavy atom. The highest BCUT2D eigenvalue weighted by Gasteiger charge is 2.34. The van der Waals surface area contributed by atoms with Crippen molar-refractivity contribution >= 4 is 34.4 Å². The number of rotatable bonds is 9. The number of nitrogens with two attached hydrogens (primary N) is 2. The number of thiocarbonyl (C=S) groups is 2. The van der Waals surface area contributed by atoms with Gasteiger partial charge in [0.05, 0.1) is 9.98 Å². The molecule has 4 N–H and O–H groups in total. The first-order chi connectivity index (χ1) is 9.53. The predicted octanol–water partition coefficient (Wildman–Crippen LogP) is 3.86. The molecule has 0 bridgehead atoms. The molecule has 1 atom stereocenters. The highest BCUT2D eigenvalue weighted by Crippen LogP contribution is 2.35. The molecule has 0 saturated heterocycles. The second kappa shape index (κ2) is 8.32. The van der Waals surface area contributed by atoms with Crippen LogP contribution in [0.1, 0.15) is 51.0 Å². The van der Waals surface area contributed by atoms with Crippen molar-refractivity contribution < 1.29 is 0 Å². The highest BCUT2D eigenvalue weighted by atomic mass is 32.1. The third kappa shape index (κ3) is 4.53. The van der Waals surface area contributed by atoms with Gasteiger partial charge in [-0.15, -0.1) is 0 Å². The van der Waals surface area contributed by atoms with Crippen molar-refractivity contribution in [3.8, 4) is 0 Å². The molecule has 0 aliphatic heterocycles. The SMILES string of the molecule is CCCCCC(CCC(N)=S)(C(N)=S)c1ccccc1. The van der Waals surface area contributed by atoms with E-state index in [0.29, 0.717) is 16.4 Å². The molecule has 0 aliphatic carbocycles. The maximum absolute atomic E-state index is 6.12. The molecule has 4 heteroatoms. The minimum Gasteiger partial charge on any atom is -0.393 e. The zero-order chi connectivity index (χ0) is 15.0. The molecule has 0 aromatic heterocycles. The molecule has 0 radical (unpaired) electrons. The summed E-state index contributed by atoms with van der Waals surface area (Å²) in [6.07, 6.45) is 5.91. The molecule has 0 spiro atoms. The Bertz CT molecular complexity index is 445. The molecule has 1 aromatic carbocycles. The average Bonchev–Trinajstić information content (AvgIpc) is 2.43. The van der Waals surface area contributed by atoms with Gasteiger partial charge in [-0.3, -0.25) is 0 Å². The Labute approximate surface area is 132 Å².